The molecule has 0 saturated carbocycles. The number of halogens is 1. The van der Waals surface area contributed by atoms with Crippen LogP contribution in [0.1, 0.15) is 0 Å². The molecule has 74 valence electrons. The number of nitro benzene ring substituents is 1. The number of benzene rings is 1. The minimum absolute atomic E-state index is 0.0981. The van der Waals surface area contributed by atoms with Gasteiger partial charge in [0.1, 0.15) is 17.4 Å². The Bertz CT molecular complexity index is 365. The normalized spacial score (nSPS) is 9.50. The predicted molar refractivity (Wildman–Crippen MR) is 53.8 cm³/mol. The van der Waals surface area contributed by atoms with Crippen LogP contribution in [0.3, 0.4) is 0 Å². The van der Waals surface area contributed by atoms with Gasteiger partial charge in [-0.05, 0) is 12.1 Å². The van der Waals surface area contributed by atoms with E-state index in [4.69, 9.17) is 16.3 Å². The zero-order chi connectivity index (χ0) is 10.6. The van der Waals surface area contributed by atoms with E-state index in [0.717, 1.165) is 0 Å². The fourth-order valence-corrected chi connectivity index (χ4v) is 1.06. The maximum absolute atomic E-state index is 10.5. The lowest BCUT2D eigenvalue weighted by atomic mass is 10.3. The summed E-state index contributed by atoms with van der Waals surface area (Å²) in [6.07, 6.45) is 1.56. The molecule has 0 bridgehead atoms. The Kier molecular flexibility index (Phi) is 3.48. The van der Waals surface area contributed by atoms with E-state index in [0.29, 0.717) is 12.4 Å². The van der Waals surface area contributed by atoms with Gasteiger partial charge in [0, 0.05) is 0 Å². The van der Waals surface area contributed by atoms with Crippen molar-refractivity contribution in [2.24, 2.45) is 0 Å². The van der Waals surface area contributed by atoms with E-state index in [1.165, 1.54) is 12.1 Å². The van der Waals surface area contributed by atoms with Crippen molar-refractivity contribution in [1.29, 1.82) is 0 Å². The van der Waals surface area contributed by atoms with Gasteiger partial charge < -0.3 is 4.74 Å². The topological polar surface area (TPSA) is 52.4 Å². The molecule has 1 aromatic rings. The summed E-state index contributed by atoms with van der Waals surface area (Å²) in [6.45, 7) is 3.77. The highest BCUT2D eigenvalue weighted by atomic mass is 35.5. The molecule has 0 unspecified atom stereocenters. The number of hydrogen-bond donors (Lipinski definition) is 0. The molecule has 0 atom stereocenters. The maximum Gasteiger partial charge on any atom is 0.291 e. The van der Waals surface area contributed by atoms with E-state index in [-0.39, 0.29) is 10.7 Å². The van der Waals surface area contributed by atoms with Gasteiger partial charge in [-0.25, -0.2) is 0 Å². The fraction of sp³-hybridized carbons (Fsp3) is 0.111. The minimum Gasteiger partial charge on any atom is -0.489 e. The monoisotopic (exact) mass is 213 g/mol. The fourth-order valence-electron chi connectivity index (χ4n) is 0.877. The number of nitro groups is 1. The van der Waals surface area contributed by atoms with E-state index in [1.54, 1.807) is 12.1 Å². The number of ether oxygens (including phenoxy) is 1. The van der Waals surface area contributed by atoms with Crippen molar-refractivity contribution in [3.63, 3.8) is 0 Å². The SMILES string of the molecule is C=CCOc1ccc(Cl)c([N+](=O)[O-])c1. The van der Waals surface area contributed by atoms with Crippen molar-refractivity contribution < 1.29 is 9.66 Å². The molecule has 0 amide bonds. The Morgan fingerprint density at radius 3 is 2.93 bits per heavy atom. The summed E-state index contributed by atoms with van der Waals surface area (Å²) in [5.74, 6) is 0.404. The third-order valence-corrected chi connectivity index (χ3v) is 1.80. The van der Waals surface area contributed by atoms with Gasteiger partial charge in [0.05, 0.1) is 11.0 Å². The van der Waals surface area contributed by atoms with Crippen LogP contribution in [0.5, 0.6) is 5.75 Å². The van der Waals surface area contributed by atoms with E-state index in [2.05, 4.69) is 6.58 Å². The van der Waals surface area contributed by atoms with Crippen molar-refractivity contribution in [3.8, 4) is 5.75 Å². The number of hydrogen-bond acceptors (Lipinski definition) is 3. The van der Waals surface area contributed by atoms with Crippen LogP contribution in [-0.4, -0.2) is 11.5 Å². The molecule has 1 rings (SSSR count). The van der Waals surface area contributed by atoms with Crippen molar-refractivity contribution >= 4 is 17.3 Å². The Labute approximate surface area is 85.9 Å². The molecule has 4 nitrogen and oxygen atoms in total. The van der Waals surface area contributed by atoms with Crippen molar-refractivity contribution in [1.82, 2.24) is 0 Å². The quantitative estimate of drug-likeness (QED) is 0.439. The van der Waals surface area contributed by atoms with Crippen LogP contribution >= 0.6 is 11.6 Å². The lowest BCUT2D eigenvalue weighted by molar-refractivity contribution is -0.384. The van der Waals surface area contributed by atoms with E-state index in [1.807, 2.05) is 0 Å². The summed E-state index contributed by atoms with van der Waals surface area (Å²) in [6, 6.07) is 4.28. The van der Waals surface area contributed by atoms with Crippen LogP contribution in [0.4, 0.5) is 5.69 Å². The van der Waals surface area contributed by atoms with Gasteiger partial charge in [-0.15, -0.1) is 0 Å². The summed E-state index contributed by atoms with van der Waals surface area (Å²) in [5.41, 5.74) is -0.159. The third kappa shape index (κ3) is 2.47. The van der Waals surface area contributed by atoms with Gasteiger partial charge >= 0.3 is 0 Å². The maximum atomic E-state index is 10.5. The summed E-state index contributed by atoms with van der Waals surface area (Å²) in [5, 5.41) is 10.6. The summed E-state index contributed by atoms with van der Waals surface area (Å²) in [7, 11) is 0. The van der Waals surface area contributed by atoms with Gasteiger partial charge in [-0.3, -0.25) is 10.1 Å². The van der Waals surface area contributed by atoms with E-state index < -0.39 is 4.92 Å². The van der Waals surface area contributed by atoms with Crippen LogP contribution < -0.4 is 4.74 Å². The van der Waals surface area contributed by atoms with Crippen molar-refractivity contribution in [2.75, 3.05) is 6.61 Å². The molecule has 0 saturated heterocycles. The Hall–Kier alpha value is -1.55. The lowest BCUT2D eigenvalue weighted by Gasteiger charge is -2.02. The van der Waals surface area contributed by atoms with Crippen molar-refractivity contribution in [2.45, 2.75) is 0 Å². The van der Waals surface area contributed by atoms with Gasteiger partial charge in [-0.1, -0.05) is 24.3 Å². The lowest BCUT2D eigenvalue weighted by Crippen LogP contribution is -1.95. The minimum atomic E-state index is -0.552. The largest absolute Gasteiger partial charge is 0.489 e. The Morgan fingerprint density at radius 1 is 1.64 bits per heavy atom. The molecule has 0 N–H and O–H groups in total. The summed E-state index contributed by atoms with van der Waals surface area (Å²) >= 11 is 5.61. The van der Waals surface area contributed by atoms with Crippen LogP contribution in [-0.2, 0) is 0 Å². The van der Waals surface area contributed by atoms with Gasteiger partial charge in [-0.2, -0.15) is 0 Å². The molecule has 0 aliphatic heterocycles. The molecular formula is C9H8ClNO3. The first-order valence-corrected chi connectivity index (χ1v) is 4.20. The average Bonchev–Trinajstić information content (AvgIpc) is 2.16. The third-order valence-electron chi connectivity index (χ3n) is 1.48. The van der Waals surface area contributed by atoms with Crippen LogP contribution in [0.2, 0.25) is 5.02 Å². The first-order valence-electron chi connectivity index (χ1n) is 3.83. The van der Waals surface area contributed by atoms with Gasteiger partial charge in [0.15, 0.2) is 0 Å². The summed E-state index contributed by atoms with van der Waals surface area (Å²) in [4.78, 5) is 9.94. The molecule has 0 spiro atoms. The smallest absolute Gasteiger partial charge is 0.291 e. The zero-order valence-electron chi connectivity index (χ0n) is 7.27. The van der Waals surface area contributed by atoms with Crippen LogP contribution in [0.25, 0.3) is 0 Å². The van der Waals surface area contributed by atoms with E-state index in [9.17, 15) is 10.1 Å². The molecule has 1 aromatic carbocycles. The van der Waals surface area contributed by atoms with Gasteiger partial charge in [0.2, 0.25) is 0 Å². The van der Waals surface area contributed by atoms with Crippen LogP contribution in [0.15, 0.2) is 30.9 Å². The Morgan fingerprint density at radius 2 is 2.36 bits per heavy atom. The summed E-state index contributed by atoms with van der Waals surface area (Å²) < 4.78 is 5.12. The first kappa shape index (κ1) is 10.5. The van der Waals surface area contributed by atoms with Gasteiger partial charge in [0.25, 0.3) is 5.69 Å². The molecule has 0 fully saturated rings. The highest BCUT2D eigenvalue weighted by molar-refractivity contribution is 6.32. The highest BCUT2D eigenvalue weighted by Gasteiger charge is 2.12. The number of nitrogens with zero attached hydrogens (tertiary/aromatic N) is 1. The second-order valence-electron chi connectivity index (χ2n) is 2.47. The molecule has 0 aliphatic rings. The molecule has 5 heteroatoms. The molecule has 14 heavy (non-hydrogen) atoms. The zero-order valence-corrected chi connectivity index (χ0v) is 8.03. The molecule has 0 aliphatic carbocycles. The van der Waals surface area contributed by atoms with Crippen LogP contribution in [0, 0.1) is 10.1 Å². The number of rotatable bonds is 4. The second kappa shape index (κ2) is 4.62. The molecular weight excluding hydrogens is 206 g/mol. The van der Waals surface area contributed by atoms with Crippen molar-refractivity contribution in [3.05, 3.63) is 46.0 Å². The predicted octanol–water partition coefficient (Wildman–Crippen LogP) is 2.81. The van der Waals surface area contributed by atoms with E-state index >= 15 is 0 Å². The highest BCUT2D eigenvalue weighted by Crippen LogP contribution is 2.28. The molecule has 0 heterocycles. The first-order chi connectivity index (χ1) is 6.65. The molecule has 0 radical (unpaired) electrons. The molecule has 0 aromatic heterocycles. The second-order valence-corrected chi connectivity index (χ2v) is 2.88. The Balaban J connectivity index is 2.94. The average molecular weight is 214 g/mol. The standard InChI is InChI=1S/C9H8ClNO3/c1-2-5-14-7-3-4-8(10)9(6-7)11(12)13/h2-4,6H,1,5H2.